The average molecular weight is 290 g/mol. The summed E-state index contributed by atoms with van der Waals surface area (Å²) in [4.78, 5) is 19.7. The molecule has 21 heavy (non-hydrogen) atoms. The van der Waals surface area contributed by atoms with Crippen LogP contribution in [0.15, 0.2) is 24.5 Å². The summed E-state index contributed by atoms with van der Waals surface area (Å²) >= 11 is 0. The first-order valence-corrected chi connectivity index (χ1v) is 7.72. The molecule has 2 rings (SSSR count). The maximum Gasteiger partial charge on any atom is 0.234 e. The number of carbonyl (C=O) groups is 1. The highest BCUT2D eigenvalue weighted by Gasteiger charge is 2.21. The zero-order chi connectivity index (χ0) is 15.2. The topological polar surface area (TPSA) is 62.5 Å². The van der Waals surface area contributed by atoms with E-state index in [1.165, 1.54) is 18.5 Å². The SMILES string of the molecule is C[C@H](C(N)=O)N(C)CCC1CCN(c2ccncc2)CC1. The van der Waals surface area contributed by atoms with Crippen molar-refractivity contribution < 1.29 is 4.79 Å². The molecule has 0 aliphatic carbocycles. The summed E-state index contributed by atoms with van der Waals surface area (Å²) in [5.41, 5.74) is 6.60. The fraction of sp³-hybridized carbons (Fsp3) is 0.625. The number of primary amides is 1. The number of rotatable bonds is 6. The van der Waals surface area contributed by atoms with Crippen molar-refractivity contribution in [2.75, 3.05) is 31.6 Å². The minimum Gasteiger partial charge on any atom is -0.371 e. The lowest BCUT2D eigenvalue weighted by Gasteiger charge is -2.34. The van der Waals surface area contributed by atoms with Crippen molar-refractivity contribution in [1.82, 2.24) is 9.88 Å². The summed E-state index contributed by atoms with van der Waals surface area (Å²) in [5.74, 6) is 0.496. The van der Waals surface area contributed by atoms with Gasteiger partial charge in [-0.05, 0) is 57.8 Å². The van der Waals surface area contributed by atoms with E-state index in [4.69, 9.17) is 5.73 Å². The number of aromatic nitrogens is 1. The van der Waals surface area contributed by atoms with Gasteiger partial charge in [-0.15, -0.1) is 0 Å². The van der Waals surface area contributed by atoms with Crippen molar-refractivity contribution in [2.24, 2.45) is 11.7 Å². The van der Waals surface area contributed by atoms with Gasteiger partial charge in [-0.2, -0.15) is 0 Å². The number of carbonyl (C=O) groups excluding carboxylic acids is 1. The molecule has 1 fully saturated rings. The summed E-state index contributed by atoms with van der Waals surface area (Å²) in [5, 5.41) is 0. The van der Waals surface area contributed by atoms with E-state index < -0.39 is 0 Å². The number of anilines is 1. The Labute approximate surface area is 127 Å². The number of hydrogen-bond acceptors (Lipinski definition) is 4. The first kappa shape index (κ1) is 15.8. The van der Waals surface area contributed by atoms with Crippen LogP contribution in [-0.4, -0.2) is 48.5 Å². The molecule has 0 saturated carbocycles. The van der Waals surface area contributed by atoms with Gasteiger partial charge in [0.1, 0.15) is 0 Å². The molecule has 1 amide bonds. The maximum absolute atomic E-state index is 11.2. The van der Waals surface area contributed by atoms with Gasteiger partial charge in [0.2, 0.25) is 5.91 Å². The van der Waals surface area contributed by atoms with Gasteiger partial charge in [0, 0.05) is 31.2 Å². The molecule has 0 spiro atoms. The minimum absolute atomic E-state index is 0.179. The molecule has 2 heterocycles. The second kappa shape index (κ2) is 7.41. The molecule has 0 bridgehead atoms. The van der Waals surface area contributed by atoms with Crippen LogP contribution < -0.4 is 10.6 Å². The van der Waals surface area contributed by atoms with Crippen molar-refractivity contribution in [3.63, 3.8) is 0 Å². The van der Waals surface area contributed by atoms with Crippen LogP contribution in [0, 0.1) is 5.92 Å². The normalized spacial score (nSPS) is 18.0. The molecule has 1 atom stereocenters. The standard InChI is InChI=1S/C16H26N4O/c1-13(16(17)21)19(2)10-5-14-6-11-20(12-7-14)15-3-8-18-9-4-15/h3-4,8-9,13-14H,5-7,10-12H2,1-2H3,(H2,17,21)/t13-/m1/s1. The number of hydrogen-bond donors (Lipinski definition) is 1. The quantitative estimate of drug-likeness (QED) is 0.862. The molecule has 1 aliphatic heterocycles. The number of amides is 1. The molecule has 5 nitrogen and oxygen atoms in total. The third-order valence-electron chi connectivity index (χ3n) is 4.61. The molecule has 2 N–H and O–H groups in total. The summed E-state index contributed by atoms with van der Waals surface area (Å²) in [6.45, 7) is 5.01. The lowest BCUT2D eigenvalue weighted by atomic mass is 9.93. The number of nitrogens with two attached hydrogens (primary N) is 1. The fourth-order valence-corrected chi connectivity index (χ4v) is 2.83. The molecule has 5 heteroatoms. The van der Waals surface area contributed by atoms with Gasteiger partial charge in [0.05, 0.1) is 6.04 Å². The second-order valence-electron chi connectivity index (χ2n) is 5.98. The molecule has 1 saturated heterocycles. The molecule has 116 valence electrons. The van der Waals surface area contributed by atoms with E-state index >= 15 is 0 Å². The number of nitrogens with zero attached hydrogens (tertiary/aromatic N) is 3. The van der Waals surface area contributed by atoms with Gasteiger partial charge in [-0.25, -0.2) is 0 Å². The fourth-order valence-electron chi connectivity index (χ4n) is 2.83. The van der Waals surface area contributed by atoms with Crippen molar-refractivity contribution in [3.8, 4) is 0 Å². The van der Waals surface area contributed by atoms with Gasteiger partial charge in [-0.1, -0.05) is 0 Å². The van der Waals surface area contributed by atoms with E-state index in [-0.39, 0.29) is 11.9 Å². The highest BCUT2D eigenvalue weighted by Crippen LogP contribution is 2.24. The molecule has 1 aromatic heterocycles. The molecule has 0 unspecified atom stereocenters. The summed E-state index contributed by atoms with van der Waals surface area (Å²) in [6.07, 6.45) is 7.25. The third-order valence-corrected chi connectivity index (χ3v) is 4.61. The van der Waals surface area contributed by atoms with E-state index in [0.29, 0.717) is 0 Å². The minimum atomic E-state index is -0.245. The summed E-state index contributed by atoms with van der Waals surface area (Å²) in [6, 6.07) is 3.97. The monoisotopic (exact) mass is 290 g/mol. The van der Waals surface area contributed by atoms with E-state index in [0.717, 1.165) is 32.0 Å². The van der Waals surface area contributed by atoms with Gasteiger partial charge >= 0.3 is 0 Å². The maximum atomic E-state index is 11.2. The lowest BCUT2D eigenvalue weighted by Crippen LogP contribution is -2.41. The number of piperidine rings is 1. The van der Waals surface area contributed by atoms with Gasteiger partial charge in [0.15, 0.2) is 0 Å². The van der Waals surface area contributed by atoms with Crippen molar-refractivity contribution in [1.29, 1.82) is 0 Å². The Bertz CT molecular complexity index is 443. The van der Waals surface area contributed by atoms with E-state index in [2.05, 4.69) is 26.9 Å². The smallest absolute Gasteiger partial charge is 0.234 e. The molecular formula is C16H26N4O. The van der Waals surface area contributed by atoms with Gasteiger partial charge < -0.3 is 10.6 Å². The second-order valence-corrected chi connectivity index (χ2v) is 5.98. The Balaban J connectivity index is 1.73. The van der Waals surface area contributed by atoms with Crippen LogP contribution in [0.25, 0.3) is 0 Å². The van der Waals surface area contributed by atoms with Gasteiger partial charge in [0.25, 0.3) is 0 Å². The van der Waals surface area contributed by atoms with Crippen molar-refractivity contribution >= 4 is 11.6 Å². The van der Waals surface area contributed by atoms with Crippen LogP contribution in [0.5, 0.6) is 0 Å². The zero-order valence-corrected chi connectivity index (χ0v) is 13.0. The molecule has 0 aromatic carbocycles. The van der Waals surface area contributed by atoms with Crippen LogP contribution in [-0.2, 0) is 4.79 Å². The Hall–Kier alpha value is -1.62. The highest BCUT2D eigenvalue weighted by molar-refractivity contribution is 5.79. The number of likely N-dealkylation sites (N-methyl/N-ethyl adjacent to an activating group) is 1. The van der Waals surface area contributed by atoms with Crippen LogP contribution >= 0.6 is 0 Å². The molecule has 1 aromatic rings. The van der Waals surface area contributed by atoms with E-state index in [9.17, 15) is 4.79 Å². The highest BCUT2D eigenvalue weighted by atomic mass is 16.1. The van der Waals surface area contributed by atoms with Crippen LogP contribution in [0.1, 0.15) is 26.2 Å². The Morgan fingerprint density at radius 1 is 1.43 bits per heavy atom. The predicted octanol–water partition coefficient (Wildman–Crippen LogP) is 1.49. The van der Waals surface area contributed by atoms with Gasteiger partial charge in [-0.3, -0.25) is 14.7 Å². The van der Waals surface area contributed by atoms with Crippen molar-refractivity contribution in [2.45, 2.75) is 32.2 Å². The van der Waals surface area contributed by atoms with E-state index in [1.54, 1.807) is 0 Å². The van der Waals surface area contributed by atoms with Crippen molar-refractivity contribution in [3.05, 3.63) is 24.5 Å². The molecule has 0 radical (unpaired) electrons. The zero-order valence-electron chi connectivity index (χ0n) is 13.0. The molecule has 1 aliphatic rings. The Morgan fingerprint density at radius 2 is 2.05 bits per heavy atom. The van der Waals surface area contributed by atoms with Crippen LogP contribution in [0.4, 0.5) is 5.69 Å². The van der Waals surface area contributed by atoms with E-state index in [1.807, 2.05) is 26.4 Å². The average Bonchev–Trinajstić information content (AvgIpc) is 2.53. The first-order valence-electron chi connectivity index (χ1n) is 7.72. The Morgan fingerprint density at radius 3 is 2.62 bits per heavy atom. The first-order chi connectivity index (χ1) is 10.1. The van der Waals surface area contributed by atoms with Crippen LogP contribution in [0.2, 0.25) is 0 Å². The lowest BCUT2D eigenvalue weighted by molar-refractivity contribution is -0.122. The van der Waals surface area contributed by atoms with Crippen LogP contribution in [0.3, 0.4) is 0 Å². The Kier molecular flexibility index (Phi) is 5.56. The summed E-state index contributed by atoms with van der Waals surface area (Å²) < 4.78 is 0. The number of pyridine rings is 1. The summed E-state index contributed by atoms with van der Waals surface area (Å²) in [7, 11) is 1.97. The molecular weight excluding hydrogens is 264 g/mol. The largest absolute Gasteiger partial charge is 0.371 e. The third kappa shape index (κ3) is 4.43. The predicted molar refractivity (Wildman–Crippen MR) is 85.1 cm³/mol.